The molecule has 1 atom stereocenters. The molecule has 20 heavy (non-hydrogen) atoms. The third-order valence-corrected chi connectivity index (χ3v) is 3.87. The van der Waals surface area contributed by atoms with Crippen molar-refractivity contribution in [1.82, 2.24) is 0 Å². The normalized spacial score (nSPS) is 16.4. The Morgan fingerprint density at radius 1 is 1.25 bits per heavy atom. The van der Waals surface area contributed by atoms with Crippen molar-refractivity contribution in [2.75, 3.05) is 5.32 Å². The number of hydrogen-bond donors (Lipinski definition) is 1. The lowest BCUT2D eigenvalue weighted by Crippen LogP contribution is -2.31. The molecule has 5 heteroatoms. The molecule has 0 radical (unpaired) electrons. The molecule has 1 amide bonds. The molecule has 1 N–H and O–H groups in total. The van der Waals surface area contributed by atoms with Gasteiger partial charge >= 0.3 is 0 Å². The first-order valence-corrected chi connectivity index (χ1v) is 7.30. The number of carbonyl (C=O) groups is 1. The van der Waals surface area contributed by atoms with Crippen LogP contribution in [0.1, 0.15) is 5.56 Å². The van der Waals surface area contributed by atoms with Gasteiger partial charge in [-0.15, -0.1) is 0 Å². The molecule has 0 saturated heterocycles. The van der Waals surface area contributed by atoms with Gasteiger partial charge in [-0.1, -0.05) is 27.5 Å². The Kier molecular flexibility index (Phi) is 3.68. The van der Waals surface area contributed by atoms with E-state index < -0.39 is 6.10 Å². The first-order valence-electron chi connectivity index (χ1n) is 6.13. The van der Waals surface area contributed by atoms with E-state index in [4.69, 9.17) is 16.3 Å². The first kappa shape index (κ1) is 13.5. The Bertz CT molecular complexity index is 657. The van der Waals surface area contributed by atoms with Gasteiger partial charge in [0.15, 0.2) is 6.10 Å². The maximum Gasteiger partial charge on any atom is 0.265 e. The van der Waals surface area contributed by atoms with Gasteiger partial charge in [0, 0.05) is 21.6 Å². The molecule has 0 fully saturated rings. The predicted octanol–water partition coefficient (Wildman–Crippen LogP) is 4.04. The van der Waals surface area contributed by atoms with Crippen LogP contribution in [0, 0.1) is 0 Å². The largest absolute Gasteiger partial charge is 0.480 e. The molecule has 0 spiro atoms. The van der Waals surface area contributed by atoms with Gasteiger partial charge in [-0.05, 0) is 48.0 Å². The highest BCUT2D eigenvalue weighted by molar-refractivity contribution is 9.10. The van der Waals surface area contributed by atoms with Gasteiger partial charge in [0.2, 0.25) is 0 Å². The molecule has 0 aliphatic carbocycles. The van der Waals surface area contributed by atoms with Crippen molar-refractivity contribution in [3.05, 3.63) is 57.5 Å². The Hall–Kier alpha value is -1.52. The molecule has 2 aromatic carbocycles. The first-order chi connectivity index (χ1) is 9.61. The molecule has 1 aliphatic rings. The van der Waals surface area contributed by atoms with Gasteiger partial charge in [0.1, 0.15) is 5.75 Å². The summed E-state index contributed by atoms with van der Waals surface area (Å²) in [5, 5.41) is 3.50. The minimum absolute atomic E-state index is 0.153. The van der Waals surface area contributed by atoms with Crippen LogP contribution in [0.2, 0.25) is 5.02 Å². The van der Waals surface area contributed by atoms with Crippen LogP contribution in [0.3, 0.4) is 0 Å². The zero-order valence-corrected chi connectivity index (χ0v) is 12.7. The maximum absolute atomic E-state index is 12.2. The quantitative estimate of drug-likeness (QED) is 0.885. The van der Waals surface area contributed by atoms with E-state index in [1.165, 1.54) is 0 Å². The summed E-state index contributed by atoms with van der Waals surface area (Å²) < 4.78 is 6.61. The second-order valence-corrected chi connectivity index (χ2v) is 5.91. The van der Waals surface area contributed by atoms with Crippen molar-refractivity contribution in [3.63, 3.8) is 0 Å². The average molecular weight is 353 g/mol. The van der Waals surface area contributed by atoms with Crippen LogP contribution in [-0.2, 0) is 11.2 Å². The molecule has 0 aromatic heterocycles. The number of anilines is 1. The van der Waals surface area contributed by atoms with Crippen LogP contribution in [0.15, 0.2) is 46.9 Å². The number of carbonyl (C=O) groups excluding carboxylic acids is 1. The van der Waals surface area contributed by atoms with Crippen LogP contribution in [0.25, 0.3) is 0 Å². The molecule has 3 rings (SSSR count). The van der Waals surface area contributed by atoms with Gasteiger partial charge < -0.3 is 10.1 Å². The fourth-order valence-electron chi connectivity index (χ4n) is 2.12. The zero-order valence-electron chi connectivity index (χ0n) is 10.4. The average Bonchev–Trinajstić information content (AvgIpc) is 2.84. The van der Waals surface area contributed by atoms with Crippen molar-refractivity contribution in [2.24, 2.45) is 0 Å². The number of nitrogens with one attached hydrogen (secondary N) is 1. The smallest absolute Gasteiger partial charge is 0.265 e. The molecule has 1 aliphatic heterocycles. The fourth-order valence-corrected chi connectivity index (χ4v) is 2.58. The Morgan fingerprint density at radius 3 is 2.75 bits per heavy atom. The van der Waals surface area contributed by atoms with Crippen molar-refractivity contribution < 1.29 is 9.53 Å². The van der Waals surface area contributed by atoms with Crippen LogP contribution >= 0.6 is 27.5 Å². The molecule has 0 bridgehead atoms. The van der Waals surface area contributed by atoms with Gasteiger partial charge in [-0.3, -0.25) is 4.79 Å². The van der Waals surface area contributed by atoms with Crippen molar-refractivity contribution >= 4 is 39.1 Å². The van der Waals surface area contributed by atoms with Crippen LogP contribution in [-0.4, -0.2) is 12.0 Å². The number of hydrogen-bond acceptors (Lipinski definition) is 2. The SMILES string of the molecule is O=C(Nc1ccc(Br)cc1)C1Cc2cc(Cl)ccc2O1. The minimum Gasteiger partial charge on any atom is -0.480 e. The number of halogens is 2. The second-order valence-electron chi connectivity index (χ2n) is 4.56. The molecule has 1 heterocycles. The van der Waals surface area contributed by atoms with Gasteiger partial charge in [-0.2, -0.15) is 0 Å². The highest BCUT2D eigenvalue weighted by atomic mass is 79.9. The predicted molar refractivity (Wildman–Crippen MR) is 82.3 cm³/mol. The van der Waals surface area contributed by atoms with E-state index in [2.05, 4.69) is 21.2 Å². The molecule has 0 saturated carbocycles. The minimum atomic E-state index is -0.507. The molecule has 1 unspecified atom stereocenters. The van der Waals surface area contributed by atoms with E-state index in [0.29, 0.717) is 11.4 Å². The summed E-state index contributed by atoms with van der Waals surface area (Å²) in [6.07, 6.45) is 0.0326. The van der Waals surface area contributed by atoms with E-state index in [-0.39, 0.29) is 5.91 Å². The lowest BCUT2D eigenvalue weighted by atomic mass is 10.1. The van der Waals surface area contributed by atoms with Gasteiger partial charge in [0.05, 0.1) is 0 Å². The zero-order chi connectivity index (χ0) is 14.1. The summed E-state index contributed by atoms with van der Waals surface area (Å²) in [5.41, 5.74) is 1.71. The summed E-state index contributed by atoms with van der Waals surface area (Å²) in [5.74, 6) is 0.574. The van der Waals surface area contributed by atoms with Crippen LogP contribution < -0.4 is 10.1 Å². The highest BCUT2D eigenvalue weighted by Gasteiger charge is 2.29. The standard InChI is InChI=1S/C15H11BrClNO2/c16-10-1-4-12(5-2-10)18-15(19)14-8-9-7-11(17)3-6-13(9)20-14/h1-7,14H,8H2,(H,18,19). The molecule has 102 valence electrons. The number of fused-ring (bicyclic) bond motifs is 1. The van der Waals surface area contributed by atoms with Crippen LogP contribution in [0.4, 0.5) is 5.69 Å². The van der Waals surface area contributed by atoms with Crippen molar-refractivity contribution in [1.29, 1.82) is 0 Å². The number of amides is 1. The summed E-state index contributed by atoms with van der Waals surface area (Å²) >= 11 is 9.29. The third-order valence-electron chi connectivity index (χ3n) is 3.10. The Balaban J connectivity index is 1.69. The summed E-state index contributed by atoms with van der Waals surface area (Å²) in [7, 11) is 0. The van der Waals surface area contributed by atoms with Gasteiger partial charge in [-0.25, -0.2) is 0 Å². The lowest BCUT2D eigenvalue weighted by Gasteiger charge is -2.11. The van der Waals surface area contributed by atoms with E-state index in [9.17, 15) is 4.79 Å². The van der Waals surface area contributed by atoms with E-state index in [0.717, 1.165) is 21.5 Å². The maximum atomic E-state index is 12.2. The number of benzene rings is 2. The summed E-state index contributed by atoms with van der Waals surface area (Å²) in [6, 6.07) is 12.8. The third kappa shape index (κ3) is 2.81. The Morgan fingerprint density at radius 2 is 2.00 bits per heavy atom. The number of rotatable bonds is 2. The number of ether oxygens (including phenoxy) is 1. The molecular formula is C15H11BrClNO2. The van der Waals surface area contributed by atoms with Crippen molar-refractivity contribution in [3.8, 4) is 5.75 Å². The monoisotopic (exact) mass is 351 g/mol. The van der Waals surface area contributed by atoms with Gasteiger partial charge in [0.25, 0.3) is 5.91 Å². The topological polar surface area (TPSA) is 38.3 Å². The Labute approximate surface area is 130 Å². The van der Waals surface area contributed by atoms with E-state index in [1.807, 2.05) is 30.3 Å². The van der Waals surface area contributed by atoms with Crippen LogP contribution in [0.5, 0.6) is 5.75 Å². The molecular weight excluding hydrogens is 342 g/mol. The van der Waals surface area contributed by atoms with Crippen molar-refractivity contribution in [2.45, 2.75) is 12.5 Å². The van der Waals surface area contributed by atoms with E-state index in [1.54, 1.807) is 12.1 Å². The fraction of sp³-hybridized carbons (Fsp3) is 0.133. The summed E-state index contributed by atoms with van der Waals surface area (Å²) in [6.45, 7) is 0. The molecule has 2 aromatic rings. The summed E-state index contributed by atoms with van der Waals surface area (Å²) in [4.78, 5) is 12.2. The lowest BCUT2D eigenvalue weighted by molar-refractivity contribution is -0.122. The molecule has 3 nitrogen and oxygen atoms in total. The second kappa shape index (κ2) is 5.46. The highest BCUT2D eigenvalue weighted by Crippen LogP contribution is 2.31. The van der Waals surface area contributed by atoms with E-state index >= 15 is 0 Å².